The predicted octanol–water partition coefficient (Wildman–Crippen LogP) is 1.01. The Morgan fingerprint density at radius 1 is 1.54 bits per heavy atom. The molecule has 0 radical (unpaired) electrons. The first-order chi connectivity index (χ1) is 6.34. The van der Waals surface area contributed by atoms with Gasteiger partial charge in [-0.3, -0.25) is 0 Å². The van der Waals surface area contributed by atoms with Gasteiger partial charge in [0.05, 0.1) is 3.57 Å². The van der Waals surface area contributed by atoms with Gasteiger partial charge in [-0.05, 0) is 22.6 Å². The topological polar surface area (TPSA) is 63.8 Å². The quantitative estimate of drug-likeness (QED) is 0.641. The van der Waals surface area contributed by atoms with Crippen molar-refractivity contribution in [2.24, 2.45) is 5.73 Å². The van der Waals surface area contributed by atoms with E-state index in [0.717, 1.165) is 15.9 Å². The number of rotatable bonds is 4. The number of aromatic nitrogens is 2. The molecule has 0 aromatic carbocycles. The molecular formula is C8H11IN4. The van der Waals surface area contributed by atoms with E-state index in [1.165, 1.54) is 6.33 Å². The van der Waals surface area contributed by atoms with Crippen molar-refractivity contribution in [3.63, 3.8) is 0 Å². The molecule has 0 aliphatic heterocycles. The summed E-state index contributed by atoms with van der Waals surface area (Å²) >= 11 is 2.19. The van der Waals surface area contributed by atoms with Gasteiger partial charge in [0.2, 0.25) is 0 Å². The smallest absolute Gasteiger partial charge is 0.143 e. The Morgan fingerprint density at radius 2 is 2.38 bits per heavy atom. The molecule has 0 aliphatic carbocycles. The number of hydrogen-bond acceptors (Lipinski definition) is 4. The Hall–Kier alpha value is -0.690. The molecular weight excluding hydrogens is 279 g/mol. The van der Waals surface area contributed by atoms with Crippen LogP contribution >= 0.6 is 22.6 Å². The number of nitrogens with one attached hydrogen (secondary N) is 1. The molecule has 0 spiro atoms. The summed E-state index contributed by atoms with van der Waals surface area (Å²) in [6.45, 7) is 1.31. The number of nitrogens with two attached hydrogens (primary N) is 1. The molecule has 0 saturated carbocycles. The fourth-order valence-electron chi connectivity index (χ4n) is 0.778. The maximum atomic E-state index is 5.30. The molecule has 3 N–H and O–H groups in total. The zero-order valence-electron chi connectivity index (χ0n) is 7.07. The SMILES string of the molecule is NC/C=C/CNc1ncncc1I. The van der Waals surface area contributed by atoms with Gasteiger partial charge in [-0.2, -0.15) is 0 Å². The summed E-state index contributed by atoms with van der Waals surface area (Å²) in [7, 11) is 0. The number of anilines is 1. The second-order valence-electron chi connectivity index (χ2n) is 2.31. The van der Waals surface area contributed by atoms with Crippen molar-refractivity contribution < 1.29 is 0 Å². The van der Waals surface area contributed by atoms with Crippen molar-refractivity contribution in [1.29, 1.82) is 0 Å². The second-order valence-corrected chi connectivity index (χ2v) is 3.47. The van der Waals surface area contributed by atoms with E-state index in [4.69, 9.17) is 5.73 Å². The van der Waals surface area contributed by atoms with Crippen LogP contribution in [0.25, 0.3) is 0 Å². The van der Waals surface area contributed by atoms with Crippen LogP contribution in [0.5, 0.6) is 0 Å². The van der Waals surface area contributed by atoms with E-state index < -0.39 is 0 Å². The van der Waals surface area contributed by atoms with Crippen molar-refractivity contribution in [1.82, 2.24) is 9.97 Å². The predicted molar refractivity (Wildman–Crippen MR) is 61.4 cm³/mol. The standard InChI is InChI=1S/C8H11IN4/c9-7-5-11-6-13-8(7)12-4-2-1-3-10/h1-2,5-6H,3-4,10H2,(H,11,12,13)/b2-1+. The van der Waals surface area contributed by atoms with Crippen LogP contribution in [0.3, 0.4) is 0 Å². The molecule has 4 nitrogen and oxygen atoms in total. The molecule has 0 atom stereocenters. The van der Waals surface area contributed by atoms with E-state index in [1.54, 1.807) is 6.20 Å². The van der Waals surface area contributed by atoms with E-state index in [0.29, 0.717) is 6.54 Å². The van der Waals surface area contributed by atoms with Gasteiger partial charge in [-0.25, -0.2) is 9.97 Å². The third-order valence-corrected chi connectivity index (χ3v) is 2.15. The summed E-state index contributed by atoms with van der Waals surface area (Å²) in [6.07, 6.45) is 7.17. The van der Waals surface area contributed by atoms with E-state index in [1.807, 2.05) is 12.2 Å². The largest absolute Gasteiger partial charge is 0.366 e. The van der Waals surface area contributed by atoms with Crippen LogP contribution in [0.15, 0.2) is 24.7 Å². The highest BCUT2D eigenvalue weighted by molar-refractivity contribution is 14.1. The molecule has 13 heavy (non-hydrogen) atoms. The Balaban J connectivity index is 2.45. The average Bonchev–Trinajstić information content (AvgIpc) is 2.15. The van der Waals surface area contributed by atoms with Gasteiger partial charge >= 0.3 is 0 Å². The molecule has 1 rings (SSSR count). The summed E-state index contributed by atoms with van der Waals surface area (Å²) in [6, 6.07) is 0. The number of hydrogen-bond donors (Lipinski definition) is 2. The second kappa shape index (κ2) is 5.87. The van der Waals surface area contributed by atoms with Crippen molar-refractivity contribution in [3.05, 3.63) is 28.2 Å². The van der Waals surface area contributed by atoms with Gasteiger partial charge in [-0.1, -0.05) is 12.2 Å². The molecule has 0 aliphatic rings. The van der Waals surface area contributed by atoms with E-state index in [2.05, 4.69) is 37.9 Å². The molecule has 1 aromatic heterocycles. The molecule has 0 unspecified atom stereocenters. The summed E-state index contributed by atoms with van der Waals surface area (Å²) < 4.78 is 1.02. The molecule has 5 heteroatoms. The molecule has 0 amide bonds. The van der Waals surface area contributed by atoms with Crippen molar-refractivity contribution >= 4 is 28.4 Å². The Labute approximate surface area is 90.8 Å². The highest BCUT2D eigenvalue weighted by Gasteiger charge is 1.96. The first-order valence-corrected chi connectivity index (χ1v) is 4.97. The van der Waals surface area contributed by atoms with Gasteiger partial charge in [0.15, 0.2) is 0 Å². The van der Waals surface area contributed by atoms with Crippen molar-refractivity contribution in [2.75, 3.05) is 18.4 Å². The fourth-order valence-corrected chi connectivity index (χ4v) is 1.27. The van der Waals surface area contributed by atoms with Gasteiger partial charge < -0.3 is 11.1 Å². The Kier molecular flexibility index (Phi) is 4.69. The first kappa shape index (κ1) is 10.4. The van der Waals surface area contributed by atoms with Crippen LogP contribution in [0.1, 0.15) is 0 Å². The zero-order valence-corrected chi connectivity index (χ0v) is 9.23. The number of halogens is 1. The molecule has 1 aromatic rings. The average molecular weight is 290 g/mol. The number of nitrogens with zero attached hydrogens (tertiary/aromatic N) is 2. The highest BCUT2D eigenvalue weighted by atomic mass is 127. The lowest BCUT2D eigenvalue weighted by Crippen LogP contribution is -2.03. The van der Waals surface area contributed by atoms with Crippen molar-refractivity contribution in [2.45, 2.75) is 0 Å². The monoisotopic (exact) mass is 290 g/mol. The minimum Gasteiger partial charge on any atom is -0.366 e. The molecule has 1 heterocycles. The van der Waals surface area contributed by atoms with Crippen LogP contribution in [-0.4, -0.2) is 23.1 Å². The Bertz CT molecular complexity index is 287. The van der Waals surface area contributed by atoms with E-state index in [9.17, 15) is 0 Å². The van der Waals surface area contributed by atoms with E-state index >= 15 is 0 Å². The molecule has 0 bridgehead atoms. The molecule has 0 fully saturated rings. The van der Waals surface area contributed by atoms with Crippen LogP contribution < -0.4 is 11.1 Å². The van der Waals surface area contributed by atoms with Crippen LogP contribution in [0, 0.1) is 3.57 Å². The van der Waals surface area contributed by atoms with Crippen molar-refractivity contribution in [3.8, 4) is 0 Å². The fraction of sp³-hybridized carbons (Fsp3) is 0.250. The lowest BCUT2D eigenvalue weighted by atomic mass is 10.5. The summed E-state index contributed by atoms with van der Waals surface area (Å²) in [4.78, 5) is 7.97. The minimum atomic E-state index is 0.572. The van der Waals surface area contributed by atoms with Gasteiger partial charge in [0.1, 0.15) is 12.1 Å². The zero-order chi connectivity index (χ0) is 9.52. The minimum absolute atomic E-state index is 0.572. The molecule has 0 saturated heterocycles. The third kappa shape index (κ3) is 3.69. The first-order valence-electron chi connectivity index (χ1n) is 3.89. The van der Waals surface area contributed by atoms with Crippen LogP contribution in [-0.2, 0) is 0 Å². The van der Waals surface area contributed by atoms with Gasteiger partial charge in [0, 0.05) is 19.3 Å². The highest BCUT2D eigenvalue weighted by Crippen LogP contribution is 2.11. The van der Waals surface area contributed by atoms with Crippen LogP contribution in [0.2, 0.25) is 0 Å². The maximum absolute atomic E-state index is 5.30. The van der Waals surface area contributed by atoms with E-state index in [-0.39, 0.29) is 0 Å². The van der Waals surface area contributed by atoms with Gasteiger partial charge in [0.25, 0.3) is 0 Å². The summed E-state index contributed by atoms with van der Waals surface area (Å²) in [5.41, 5.74) is 5.30. The lowest BCUT2D eigenvalue weighted by Gasteiger charge is -2.02. The van der Waals surface area contributed by atoms with Crippen LogP contribution in [0.4, 0.5) is 5.82 Å². The molecule has 70 valence electrons. The third-order valence-electron chi connectivity index (χ3n) is 1.36. The Morgan fingerprint density at radius 3 is 3.08 bits per heavy atom. The van der Waals surface area contributed by atoms with Gasteiger partial charge in [-0.15, -0.1) is 0 Å². The summed E-state index contributed by atoms with van der Waals surface area (Å²) in [5.74, 6) is 0.859. The maximum Gasteiger partial charge on any atom is 0.143 e. The lowest BCUT2D eigenvalue weighted by molar-refractivity contribution is 1.12. The normalized spacial score (nSPS) is 10.6. The summed E-state index contributed by atoms with van der Waals surface area (Å²) in [5, 5.41) is 3.15.